The Labute approximate surface area is 82.9 Å². The van der Waals surface area contributed by atoms with Gasteiger partial charge in [0.2, 0.25) is 0 Å². The number of benzene rings is 1. The molecule has 15 heavy (non-hydrogen) atoms. The van der Waals surface area contributed by atoms with E-state index in [2.05, 4.69) is 0 Å². The molecule has 1 N–H and O–H groups in total. The number of nitrogens with one attached hydrogen (secondary N) is 1. The first-order chi connectivity index (χ1) is 6.74. The number of alkyl halides is 5. The molecule has 0 saturated heterocycles. The summed E-state index contributed by atoms with van der Waals surface area (Å²) in [6.45, 7) is 1.44. The van der Waals surface area contributed by atoms with Crippen molar-refractivity contribution in [1.82, 2.24) is 0 Å². The third-order valence-electron chi connectivity index (χ3n) is 1.79. The Kier molecular flexibility index (Phi) is 2.88. The third kappa shape index (κ3) is 2.57. The zero-order valence-electron chi connectivity index (χ0n) is 7.70. The van der Waals surface area contributed by atoms with Crippen LogP contribution in [-0.4, -0.2) is 12.2 Å². The molecule has 0 bridgehead atoms. The van der Waals surface area contributed by atoms with E-state index in [4.69, 9.17) is 0 Å². The average Bonchev–Trinajstić information content (AvgIpc) is 2.06. The molecule has 0 fully saturated rings. The van der Waals surface area contributed by atoms with Gasteiger partial charge in [-0.05, 0) is 18.6 Å². The number of hydrogen-bond acceptors (Lipinski definition) is 1. The number of anilines is 1. The molecule has 0 aliphatic heterocycles. The summed E-state index contributed by atoms with van der Waals surface area (Å²) in [5.74, 6) is 0. The minimum absolute atomic E-state index is 0.236. The highest BCUT2D eigenvalue weighted by Gasteiger charge is 2.58. The van der Waals surface area contributed by atoms with E-state index in [1.165, 1.54) is 24.4 Å². The van der Waals surface area contributed by atoms with Crippen LogP contribution in [0.3, 0.4) is 0 Å². The molecule has 0 aliphatic carbocycles. The van der Waals surface area contributed by atoms with Crippen molar-refractivity contribution in [3.05, 3.63) is 29.8 Å². The lowest BCUT2D eigenvalue weighted by molar-refractivity contribution is -0.268. The molecule has 84 valence electrons. The van der Waals surface area contributed by atoms with Gasteiger partial charge in [0.1, 0.15) is 0 Å². The van der Waals surface area contributed by atoms with Gasteiger partial charge in [0, 0.05) is 5.69 Å². The molecule has 1 aromatic carbocycles. The molecular weight excluding hydrogens is 217 g/mol. The lowest BCUT2D eigenvalue weighted by Crippen LogP contribution is -2.43. The number of hydrogen-bond donors (Lipinski definition) is 1. The van der Waals surface area contributed by atoms with Crippen LogP contribution >= 0.6 is 0 Å². The molecule has 0 atom stereocenters. The SMILES string of the molecule is Cc1ccccc1NC(F)(F)C(F)(F)F. The van der Waals surface area contributed by atoms with Crippen molar-refractivity contribution in [2.24, 2.45) is 0 Å². The van der Waals surface area contributed by atoms with Crippen molar-refractivity contribution in [1.29, 1.82) is 0 Å². The Bertz CT molecular complexity index is 345. The molecule has 0 aliphatic rings. The smallest absolute Gasteiger partial charge is 0.319 e. The largest absolute Gasteiger partial charge is 0.475 e. The molecule has 0 heterocycles. The second-order valence-electron chi connectivity index (χ2n) is 3.01. The summed E-state index contributed by atoms with van der Waals surface area (Å²) in [4.78, 5) is 0. The fourth-order valence-electron chi connectivity index (χ4n) is 0.953. The molecule has 0 aromatic heterocycles. The van der Waals surface area contributed by atoms with Gasteiger partial charge in [-0.1, -0.05) is 18.2 Å². The van der Waals surface area contributed by atoms with Crippen molar-refractivity contribution in [3.63, 3.8) is 0 Å². The van der Waals surface area contributed by atoms with Gasteiger partial charge in [-0.25, -0.2) is 0 Å². The van der Waals surface area contributed by atoms with Gasteiger partial charge >= 0.3 is 12.2 Å². The van der Waals surface area contributed by atoms with Crippen LogP contribution in [0.25, 0.3) is 0 Å². The Morgan fingerprint density at radius 3 is 2.00 bits per heavy atom. The first-order valence-electron chi connectivity index (χ1n) is 4.02. The lowest BCUT2D eigenvalue weighted by Gasteiger charge is -2.22. The first-order valence-corrected chi connectivity index (χ1v) is 4.02. The van der Waals surface area contributed by atoms with Gasteiger partial charge < -0.3 is 5.32 Å². The maximum atomic E-state index is 12.6. The monoisotopic (exact) mass is 225 g/mol. The van der Waals surface area contributed by atoms with E-state index in [0.717, 1.165) is 6.07 Å². The quantitative estimate of drug-likeness (QED) is 0.599. The van der Waals surface area contributed by atoms with Crippen LogP contribution in [0.2, 0.25) is 0 Å². The maximum Gasteiger partial charge on any atom is 0.475 e. The standard InChI is InChI=1S/C9H8F5N/c1-6-4-2-3-5-7(6)15-9(13,14)8(10,11)12/h2-5,15H,1H3. The second-order valence-corrected chi connectivity index (χ2v) is 3.01. The molecule has 6 heteroatoms. The van der Waals surface area contributed by atoms with Gasteiger partial charge in [0.05, 0.1) is 0 Å². The number of halogens is 5. The lowest BCUT2D eigenvalue weighted by atomic mass is 10.2. The maximum absolute atomic E-state index is 12.6. The molecule has 0 saturated carbocycles. The fraction of sp³-hybridized carbons (Fsp3) is 0.333. The zero-order chi connectivity index (χ0) is 11.7. The van der Waals surface area contributed by atoms with Gasteiger partial charge in [0.25, 0.3) is 0 Å². The van der Waals surface area contributed by atoms with Gasteiger partial charge in [-0.2, -0.15) is 22.0 Å². The minimum Gasteiger partial charge on any atom is -0.319 e. The Hall–Kier alpha value is -1.33. The third-order valence-corrected chi connectivity index (χ3v) is 1.79. The number of aryl methyl sites for hydroxylation is 1. The van der Waals surface area contributed by atoms with Gasteiger partial charge in [0.15, 0.2) is 0 Å². The zero-order valence-corrected chi connectivity index (χ0v) is 7.70. The number of para-hydroxylation sites is 1. The van der Waals surface area contributed by atoms with Crippen LogP contribution in [0.1, 0.15) is 5.56 Å². The van der Waals surface area contributed by atoms with Crippen LogP contribution in [-0.2, 0) is 0 Å². The summed E-state index contributed by atoms with van der Waals surface area (Å²) < 4.78 is 60.6. The predicted octanol–water partition coefficient (Wildman–Crippen LogP) is 3.56. The van der Waals surface area contributed by atoms with Crippen LogP contribution in [0.4, 0.5) is 27.6 Å². The molecule has 0 spiro atoms. The van der Waals surface area contributed by atoms with Gasteiger partial charge in [-0.15, -0.1) is 0 Å². The molecule has 0 unspecified atom stereocenters. The topological polar surface area (TPSA) is 12.0 Å². The molecule has 1 rings (SSSR count). The van der Waals surface area contributed by atoms with Crippen molar-refractivity contribution in [2.45, 2.75) is 19.1 Å². The van der Waals surface area contributed by atoms with E-state index >= 15 is 0 Å². The summed E-state index contributed by atoms with van der Waals surface area (Å²) in [5, 5.41) is 1.17. The van der Waals surface area contributed by atoms with E-state index in [9.17, 15) is 22.0 Å². The van der Waals surface area contributed by atoms with Crippen molar-refractivity contribution < 1.29 is 22.0 Å². The number of rotatable bonds is 2. The molecule has 1 aromatic rings. The fourth-order valence-corrected chi connectivity index (χ4v) is 0.953. The van der Waals surface area contributed by atoms with Gasteiger partial charge in [-0.3, -0.25) is 0 Å². The molecule has 0 radical (unpaired) electrons. The summed E-state index contributed by atoms with van der Waals surface area (Å²) >= 11 is 0. The van der Waals surface area contributed by atoms with E-state index in [1.807, 2.05) is 0 Å². The van der Waals surface area contributed by atoms with E-state index < -0.39 is 12.2 Å². The molecule has 0 amide bonds. The van der Waals surface area contributed by atoms with E-state index in [1.54, 1.807) is 6.07 Å². The first kappa shape index (κ1) is 11.7. The summed E-state index contributed by atoms with van der Waals surface area (Å²) in [5.41, 5.74) is 0.0845. The van der Waals surface area contributed by atoms with E-state index in [0.29, 0.717) is 5.56 Å². The van der Waals surface area contributed by atoms with Crippen LogP contribution in [0.15, 0.2) is 24.3 Å². The highest BCUT2D eigenvalue weighted by Crippen LogP contribution is 2.36. The summed E-state index contributed by atoms with van der Waals surface area (Å²) in [7, 11) is 0. The van der Waals surface area contributed by atoms with E-state index in [-0.39, 0.29) is 5.69 Å². The van der Waals surface area contributed by atoms with Crippen molar-refractivity contribution in [2.75, 3.05) is 5.32 Å². The highest BCUT2D eigenvalue weighted by atomic mass is 19.4. The second kappa shape index (κ2) is 3.67. The Morgan fingerprint density at radius 2 is 1.53 bits per heavy atom. The van der Waals surface area contributed by atoms with Crippen LogP contribution in [0.5, 0.6) is 0 Å². The van der Waals surface area contributed by atoms with Crippen molar-refractivity contribution >= 4 is 5.69 Å². The Balaban J connectivity index is 2.92. The Morgan fingerprint density at radius 1 is 1.00 bits per heavy atom. The summed E-state index contributed by atoms with van der Waals surface area (Å²) in [6.07, 6.45) is -5.60. The predicted molar refractivity (Wildman–Crippen MR) is 45.8 cm³/mol. The van der Waals surface area contributed by atoms with Crippen molar-refractivity contribution in [3.8, 4) is 0 Å². The normalized spacial score (nSPS) is 12.7. The molecular formula is C9H8F5N. The molecule has 1 nitrogen and oxygen atoms in total. The minimum atomic E-state index is -5.60. The summed E-state index contributed by atoms with van der Waals surface area (Å²) in [6, 6.07) is 0.608. The van der Waals surface area contributed by atoms with Crippen LogP contribution < -0.4 is 5.32 Å². The average molecular weight is 225 g/mol. The van der Waals surface area contributed by atoms with Crippen LogP contribution in [0, 0.1) is 6.92 Å². The highest BCUT2D eigenvalue weighted by molar-refractivity contribution is 5.51.